The van der Waals surface area contributed by atoms with Crippen LogP contribution in [0.5, 0.6) is 34.5 Å². The molecule has 3 aromatic carbocycles. The summed E-state index contributed by atoms with van der Waals surface area (Å²) in [5, 5.41) is 31.4. The van der Waals surface area contributed by atoms with E-state index >= 15 is 0 Å². The fourth-order valence-electron chi connectivity index (χ4n) is 4.35. The SMILES string of the molecule is COc1cc([C@@H]2CC(=O)Oc3c(O)c(O)c4c(=O)cc(-c5ccccc5)oc4c32)cc(OC)c1O. The molecule has 0 radical (unpaired) electrons. The summed E-state index contributed by atoms with van der Waals surface area (Å²) in [5.74, 6) is -3.08. The van der Waals surface area contributed by atoms with Crippen molar-refractivity contribution in [3.8, 4) is 45.8 Å². The number of aromatic hydroxyl groups is 3. The van der Waals surface area contributed by atoms with Gasteiger partial charge in [-0.15, -0.1) is 0 Å². The van der Waals surface area contributed by atoms with Crippen molar-refractivity contribution in [1.82, 2.24) is 0 Å². The number of esters is 1. The largest absolute Gasteiger partial charge is 0.504 e. The van der Waals surface area contributed by atoms with Crippen molar-refractivity contribution in [2.75, 3.05) is 14.2 Å². The predicted octanol–water partition coefficient (Wildman–Crippen LogP) is 4.04. The normalized spacial score (nSPS) is 14.9. The van der Waals surface area contributed by atoms with Crippen molar-refractivity contribution >= 4 is 16.9 Å². The minimum absolute atomic E-state index is 0.0369. The molecule has 5 rings (SSSR count). The molecular formula is C26H20O9. The van der Waals surface area contributed by atoms with Gasteiger partial charge in [0.2, 0.25) is 11.5 Å². The summed E-state index contributed by atoms with van der Waals surface area (Å²) >= 11 is 0. The van der Waals surface area contributed by atoms with Crippen LogP contribution in [0.4, 0.5) is 0 Å². The Kier molecular flexibility index (Phi) is 5.24. The second-order valence-electron chi connectivity index (χ2n) is 7.99. The number of benzene rings is 3. The Hall–Kier alpha value is -4.66. The van der Waals surface area contributed by atoms with Crippen LogP contribution in [0.3, 0.4) is 0 Å². The van der Waals surface area contributed by atoms with Crippen LogP contribution in [0.25, 0.3) is 22.3 Å². The van der Waals surface area contributed by atoms with Crippen molar-refractivity contribution < 1.29 is 38.7 Å². The number of methoxy groups -OCH3 is 2. The van der Waals surface area contributed by atoms with Gasteiger partial charge in [0.15, 0.2) is 28.4 Å². The molecule has 0 aliphatic carbocycles. The third-order valence-corrected chi connectivity index (χ3v) is 6.01. The Bertz CT molecular complexity index is 1510. The van der Waals surface area contributed by atoms with E-state index in [9.17, 15) is 24.9 Å². The van der Waals surface area contributed by atoms with E-state index in [1.54, 1.807) is 24.3 Å². The summed E-state index contributed by atoms with van der Waals surface area (Å²) < 4.78 is 21.9. The lowest BCUT2D eigenvalue weighted by atomic mass is 9.84. The first-order valence-corrected chi connectivity index (χ1v) is 10.6. The number of ether oxygens (including phenoxy) is 3. The molecule has 0 spiro atoms. The van der Waals surface area contributed by atoms with Crippen LogP contribution >= 0.6 is 0 Å². The topological polar surface area (TPSA) is 136 Å². The summed E-state index contributed by atoms with van der Waals surface area (Å²) in [6.07, 6.45) is -0.178. The number of carbonyl (C=O) groups is 1. The number of hydrogen-bond acceptors (Lipinski definition) is 9. The second-order valence-corrected chi connectivity index (χ2v) is 7.99. The molecule has 35 heavy (non-hydrogen) atoms. The molecule has 0 saturated heterocycles. The average Bonchev–Trinajstić information content (AvgIpc) is 2.87. The zero-order valence-electron chi connectivity index (χ0n) is 18.7. The lowest BCUT2D eigenvalue weighted by Crippen LogP contribution is -2.22. The van der Waals surface area contributed by atoms with Crippen molar-refractivity contribution in [2.45, 2.75) is 12.3 Å². The molecular weight excluding hydrogens is 456 g/mol. The van der Waals surface area contributed by atoms with Gasteiger partial charge in [0.05, 0.1) is 26.2 Å². The number of phenolic OH excluding ortho intramolecular Hbond substituents is 3. The van der Waals surface area contributed by atoms with Crippen LogP contribution in [0.15, 0.2) is 57.7 Å². The van der Waals surface area contributed by atoms with E-state index in [1.807, 2.05) is 6.07 Å². The quantitative estimate of drug-likeness (QED) is 0.226. The molecule has 178 valence electrons. The minimum atomic E-state index is -0.794. The smallest absolute Gasteiger partial charge is 0.312 e. The van der Waals surface area contributed by atoms with E-state index in [4.69, 9.17) is 18.6 Å². The first kappa shape index (κ1) is 22.1. The van der Waals surface area contributed by atoms with Gasteiger partial charge in [0, 0.05) is 17.5 Å². The molecule has 1 aromatic heterocycles. The van der Waals surface area contributed by atoms with Crippen LogP contribution in [0.2, 0.25) is 0 Å². The van der Waals surface area contributed by atoms with Crippen LogP contribution in [-0.4, -0.2) is 35.5 Å². The lowest BCUT2D eigenvalue weighted by molar-refractivity contribution is -0.135. The van der Waals surface area contributed by atoms with Crippen LogP contribution in [0.1, 0.15) is 23.5 Å². The van der Waals surface area contributed by atoms with E-state index in [0.717, 1.165) is 0 Å². The Morgan fingerprint density at radius 1 is 0.886 bits per heavy atom. The highest BCUT2D eigenvalue weighted by molar-refractivity contribution is 5.96. The maximum atomic E-state index is 13.1. The summed E-state index contributed by atoms with van der Waals surface area (Å²) in [6, 6.07) is 13.1. The summed E-state index contributed by atoms with van der Waals surface area (Å²) in [6.45, 7) is 0. The van der Waals surface area contributed by atoms with E-state index in [-0.39, 0.29) is 51.7 Å². The molecule has 0 unspecified atom stereocenters. The lowest BCUT2D eigenvalue weighted by Gasteiger charge is -2.27. The molecule has 4 aromatic rings. The molecule has 0 bridgehead atoms. The Balaban J connectivity index is 1.86. The molecule has 9 nitrogen and oxygen atoms in total. The maximum absolute atomic E-state index is 13.1. The third-order valence-electron chi connectivity index (χ3n) is 6.01. The highest BCUT2D eigenvalue weighted by atomic mass is 16.5. The van der Waals surface area contributed by atoms with Gasteiger partial charge >= 0.3 is 5.97 Å². The first-order valence-electron chi connectivity index (χ1n) is 10.6. The summed E-state index contributed by atoms with van der Waals surface area (Å²) in [5.41, 5.74) is 0.653. The second kappa shape index (κ2) is 8.28. The monoisotopic (exact) mass is 476 g/mol. The van der Waals surface area contributed by atoms with Gasteiger partial charge in [-0.25, -0.2) is 0 Å². The molecule has 0 fully saturated rings. The fraction of sp³-hybridized carbons (Fsp3) is 0.154. The van der Waals surface area contributed by atoms with E-state index in [2.05, 4.69) is 0 Å². The molecule has 1 atom stereocenters. The van der Waals surface area contributed by atoms with Gasteiger partial charge in [-0.05, 0) is 17.7 Å². The first-order chi connectivity index (χ1) is 16.8. The van der Waals surface area contributed by atoms with Crippen molar-refractivity contribution in [3.05, 3.63) is 69.9 Å². The van der Waals surface area contributed by atoms with Crippen LogP contribution in [0, 0.1) is 0 Å². The molecule has 1 aliphatic rings. The molecule has 1 aliphatic heterocycles. The van der Waals surface area contributed by atoms with Crippen LogP contribution < -0.4 is 19.6 Å². The molecule has 2 heterocycles. The Morgan fingerprint density at radius 3 is 2.17 bits per heavy atom. The van der Waals surface area contributed by atoms with Gasteiger partial charge in [0.25, 0.3) is 0 Å². The Labute approximate surface area is 198 Å². The zero-order valence-corrected chi connectivity index (χ0v) is 18.7. The standard InChI is InChI=1S/C26H20O9/c1-32-17-8-13(9-18(33-2)22(17)29)14-10-19(28)35-26-20(14)25-21(23(30)24(26)31)15(27)11-16(34-25)12-6-4-3-5-7-12/h3-9,11,14,29-31H,10H2,1-2H3/t14-/m0/s1. The predicted molar refractivity (Wildman–Crippen MR) is 125 cm³/mol. The Morgan fingerprint density at radius 2 is 1.54 bits per heavy atom. The van der Waals surface area contributed by atoms with E-state index in [1.165, 1.54) is 32.4 Å². The number of fused-ring (bicyclic) bond motifs is 3. The number of hydrogen-bond donors (Lipinski definition) is 3. The van der Waals surface area contributed by atoms with Gasteiger partial charge < -0.3 is 33.9 Å². The van der Waals surface area contributed by atoms with Gasteiger partial charge in [0.1, 0.15) is 16.7 Å². The van der Waals surface area contributed by atoms with E-state index in [0.29, 0.717) is 11.1 Å². The average molecular weight is 476 g/mol. The number of carbonyl (C=O) groups excluding carboxylic acids is 1. The third kappa shape index (κ3) is 3.48. The highest BCUT2D eigenvalue weighted by Crippen LogP contribution is 2.53. The van der Waals surface area contributed by atoms with Crippen LogP contribution in [-0.2, 0) is 4.79 Å². The molecule has 3 N–H and O–H groups in total. The maximum Gasteiger partial charge on any atom is 0.312 e. The number of rotatable bonds is 4. The van der Waals surface area contributed by atoms with Crippen molar-refractivity contribution in [1.29, 1.82) is 0 Å². The van der Waals surface area contributed by atoms with Gasteiger partial charge in [-0.3, -0.25) is 9.59 Å². The van der Waals surface area contributed by atoms with Gasteiger partial charge in [-0.1, -0.05) is 30.3 Å². The fourth-order valence-corrected chi connectivity index (χ4v) is 4.35. The molecule has 0 amide bonds. The molecule has 9 heteroatoms. The van der Waals surface area contributed by atoms with Crippen molar-refractivity contribution in [3.63, 3.8) is 0 Å². The summed E-state index contributed by atoms with van der Waals surface area (Å²) in [7, 11) is 2.73. The minimum Gasteiger partial charge on any atom is -0.504 e. The highest BCUT2D eigenvalue weighted by Gasteiger charge is 2.37. The molecule has 0 saturated carbocycles. The summed E-state index contributed by atoms with van der Waals surface area (Å²) in [4.78, 5) is 25.6. The van der Waals surface area contributed by atoms with Crippen molar-refractivity contribution in [2.24, 2.45) is 0 Å². The van der Waals surface area contributed by atoms with Gasteiger partial charge in [-0.2, -0.15) is 0 Å². The van der Waals surface area contributed by atoms with E-state index < -0.39 is 28.8 Å². The number of phenols is 3. The zero-order chi connectivity index (χ0) is 24.9.